The molecule has 1 aliphatic heterocycles. The van der Waals surface area contributed by atoms with Crippen molar-refractivity contribution in [3.8, 4) is 0 Å². The van der Waals surface area contributed by atoms with Gasteiger partial charge in [0.2, 0.25) is 17.6 Å². The van der Waals surface area contributed by atoms with Crippen LogP contribution in [0.25, 0.3) is 0 Å². The van der Waals surface area contributed by atoms with E-state index in [0.717, 1.165) is 64.0 Å². The number of sulfone groups is 1. The number of nitrogens with zero attached hydrogens (tertiary/aromatic N) is 1. The van der Waals surface area contributed by atoms with Crippen molar-refractivity contribution in [2.45, 2.75) is 135 Å². The van der Waals surface area contributed by atoms with Crippen LogP contribution in [0.3, 0.4) is 0 Å². The molecular formula is C33H55N5O7S. The normalized spacial score (nSPS) is 25.7. The lowest BCUT2D eigenvalue weighted by molar-refractivity contribution is -0.145. The molecule has 5 amide bonds. The summed E-state index contributed by atoms with van der Waals surface area (Å²) < 4.78 is 24.6. The monoisotopic (exact) mass is 665 g/mol. The Morgan fingerprint density at radius 2 is 1.50 bits per heavy atom. The summed E-state index contributed by atoms with van der Waals surface area (Å²) in [7, 11) is -3.39. The number of hydrogen-bond acceptors (Lipinski definition) is 7. The third-order valence-electron chi connectivity index (χ3n) is 10.8. The molecule has 4 fully saturated rings. The van der Waals surface area contributed by atoms with Gasteiger partial charge in [0.25, 0.3) is 5.91 Å². The Labute approximate surface area is 274 Å². The molecule has 46 heavy (non-hydrogen) atoms. The number of carbonyl (C=O) groups is 5. The molecule has 0 radical (unpaired) electrons. The number of Topliss-reactive ketones (excluding diaryl/α,β-unsaturated/α-hetero) is 1. The number of rotatable bonds is 12. The van der Waals surface area contributed by atoms with E-state index in [9.17, 15) is 32.4 Å². The molecule has 3 aliphatic carbocycles. The van der Waals surface area contributed by atoms with Gasteiger partial charge in [-0.3, -0.25) is 19.2 Å². The molecule has 4 atom stereocenters. The number of likely N-dealkylation sites (tertiary alicyclic amines) is 1. The molecule has 0 bridgehead atoms. The molecule has 0 aromatic heterocycles. The second-order valence-electron chi connectivity index (χ2n) is 16.0. The van der Waals surface area contributed by atoms with Gasteiger partial charge in [0.15, 0.2) is 0 Å². The van der Waals surface area contributed by atoms with E-state index >= 15 is 0 Å². The van der Waals surface area contributed by atoms with Crippen LogP contribution < -0.4 is 21.7 Å². The molecule has 0 aromatic carbocycles. The van der Waals surface area contributed by atoms with E-state index in [2.05, 4.69) is 22.9 Å². The molecule has 5 N–H and O–H groups in total. The van der Waals surface area contributed by atoms with E-state index in [-0.39, 0.29) is 23.0 Å². The minimum atomic E-state index is -3.39. The van der Waals surface area contributed by atoms with Crippen molar-refractivity contribution in [3.63, 3.8) is 0 Å². The predicted molar refractivity (Wildman–Crippen MR) is 174 cm³/mol. The van der Waals surface area contributed by atoms with E-state index < -0.39 is 68.5 Å². The van der Waals surface area contributed by atoms with E-state index in [1.807, 2.05) is 20.8 Å². The lowest BCUT2D eigenvalue weighted by Crippen LogP contribution is -2.63. The smallest absolute Gasteiger partial charge is 0.315 e. The number of ketones is 1. The Kier molecular flexibility index (Phi) is 10.8. The summed E-state index contributed by atoms with van der Waals surface area (Å²) >= 11 is 0. The maximum absolute atomic E-state index is 14.5. The first kappa shape index (κ1) is 36.1. The number of amides is 5. The van der Waals surface area contributed by atoms with Crippen LogP contribution >= 0.6 is 0 Å². The summed E-state index contributed by atoms with van der Waals surface area (Å²) in [5.74, 6) is -2.93. The van der Waals surface area contributed by atoms with Crippen molar-refractivity contribution in [2.75, 3.05) is 18.6 Å². The van der Waals surface area contributed by atoms with Gasteiger partial charge in [-0.15, -0.1) is 0 Å². The first-order chi connectivity index (χ1) is 21.3. The largest absolute Gasteiger partial charge is 0.363 e. The van der Waals surface area contributed by atoms with Gasteiger partial charge in [0, 0.05) is 12.8 Å². The van der Waals surface area contributed by atoms with Gasteiger partial charge in [-0.05, 0) is 61.2 Å². The van der Waals surface area contributed by atoms with Gasteiger partial charge in [0.1, 0.15) is 21.9 Å². The maximum Gasteiger partial charge on any atom is 0.315 e. The standard InChI is InChI=1S/C33H55N5O7S/c1-31(2,3)26(36-30(43)37-33(20-46(5,44)45)16-7-6-8-17-33)29(42)38-18-13-22(32(4)14-9-10-15-32)24(38)28(41)35-23(19-21-11-12-21)25(39)27(34)40/h21-24,26H,6-20H2,1-5H3,(H2,34,40)(H,35,41)(H2,36,37,43)/t22?,23?,24?,26-/m1/s1. The fraction of sp³-hybridized carbons (Fsp3) is 0.848. The van der Waals surface area contributed by atoms with Gasteiger partial charge in [-0.2, -0.15) is 0 Å². The van der Waals surface area contributed by atoms with E-state index in [4.69, 9.17) is 5.73 Å². The molecule has 4 rings (SSSR count). The van der Waals surface area contributed by atoms with Crippen molar-refractivity contribution >= 4 is 39.4 Å². The van der Waals surface area contributed by atoms with E-state index in [0.29, 0.717) is 32.2 Å². The topological polar surface area (TPSA) is 185 Å². The molecule has 4 aliphatic rings. The van der Waals surface area contributed by atoms with E-state index in [1.54, 1.807) is 4.90 Å². The number of nitrogens with one attached hydrogen (secondary N) is 3. The van der Waals surface area contributed by atoms with Crippen LogP contribution in [0, 0.1) is 22.7 Å². The summed E-state index contributed by atoms with van der Waals surface area (Å²) in [6.45, 7) is 7.97. The summed E-state index contributed by atoms with van der Waals surface area (Å²) in [5, 5.41) is 8.64. The third kappa shape index (κ3) is 8.80. The highest BCUT2D eigenvalue weighted by Gasteiger charge is 2.53. The van der Waals surface area contributed by atoms with Crippen LogP contribution in [0.5, 0.6) is 0 Å². The minimum absolute atomic E-state index is 0.168. The third-order valence-corrected chi connectivity index (χ3v) is 11.9. The molecule has 0 aromatic rings. The Morgan fingerprint density at radius 1 is 0.913 bits per heavy atom. The number of carbonyl (C=O) groups excluding carboxylic acids is 5. The van der Waals surface area contributed by atoms with Crippen LogP contribution in [0.15, 0.2) is 0 Å². The molecule has 1 saturated heterocycles. The molecule has 1 heterocycles. The number of nitrogens with two attached hydrogens (primary N) is 1. The second kappa shape index (κ2) is 13.8. The molecule has 0 spiro atoms. The zero-order valence-electron chi connectivity index (χ0n) is 28.3. The second-order valence-corrected chi connectivity index (χ2v) is 18.2. The Balaban J connectivity index is 1.60. The van der Waals surface area contributed by atoms with Crippen LogP contribution in [0.4, 0.5) is 4.79 Å². The van der Waals surface area contributed by atoms with Gasteiger partial charge in [-0.1, -0.05) is 72.6 Å². The Morgan fingerprint density at radius 3 is 2.02 bits per heavy atom. The molecule has 3 saturated carbocycles. The predicted octanol–water partition coefficient (Wildman–Crippen LogP) is 2.58. The van der Waals surface area contributed by atoms with Gasteiger partial charge >= 0.3 is 6.03 Å². The number of hydrogen-bond donors (Lipinski definition) is 4. The van der Waals surface area contributed by atoms with Crippen LogP contribution in [0.2, 0.25) is 0 Å². The van der Waals surface area contributed by atoms with Crippen molar-refractivity contribution in [2.24, 2.45) is 28.4 Å². The molecule has 13 heteroatoms. The van der Waals surface area contributed by atoms with Gasteiger partial charge < -0.3 is 26.6 Å². The first-order valence-corrected chi connectivity index (χ1v) is 19.1. The average molecular weight is 666 g/mol. The fourth-order valence-electron chi connectivity index (χ4n) is 8.25. The maximum atomic E-state index is 14.5. The Bertz CT molecular complexity index is 1290. The van der Waals surface area contributed by atoms with Crippen molar-refractivity contribution in [1.29, 1.82) is 0 Å². The van der Waals surface area contributed by atoms with Crippen LogP contribution in [-0.4, -0.2) is 85.1 Å². The first-order valence-electron chi connectivity index (χ1n) is 17.1. The number of primary amides is 1. The zero-order chi connectivity index (χ0) is 34.1. The van der Waals surface area contributed by atoms with E-state index in [1.165, 1.54) is 0 Å². The average Bonchev–Trinajstić information content (AvgIpc) is 3.45. The van der Waals surface area contributed by atoms with Crippen LogP contribution in [0.1, 0.15) is 111 Å². The number of urea groups is 1. The minimum Gasteiger partial charge on any atom is -0.363 e. The lowest BCUT2D eigenvalue weighted by Gasteiger charge is -2.41. The lowest BCUT2D eigenvalue weighted by atomic mass is 9.71. The highest BCUT2D eigenvalue weighted by molar-refractivity contribution is 7.90. The van der Waals surface area contributed by atoms with Gasteiger partial charge in [0.05, 0.1) is 17.3 Å². The highest BCUT2D eigenvalue weighted by Crippen LogP contribution is 2.50. The molecule has 12 nitrogen and oxygen atoms in total. The van der Waals surface area contributed by atoms with Crippen LogP contribution in [-0.2, 0) is 29.0 Å². The molecule has 260 valence electrons. The summed E-state index contributed by atoms with van der Waals surface area (Å²) in [5.41, 5.74) is 3.50. The summed E-state index contributed by atoms with van der Waals surface area (Å²) in [6.07, 6.45) is 11.4. The summed E-state index contributed by atoms with van der Waals surface area (Å²) in [6, 6.07) is -3.57. The summed E-state index contributed by atoms with van der Waals surface area (Å²) in [4.78, 5) is 68.4. The zero-order valence-corrected chi connectivity index (χ0v) is 29.1. The van der Waals surface area contributed by atoms with Crippen molar-refractivity contribution in [3.05, 3.63) is 0 Å². The highest BCUT2D eigenvalue weighted by atomic mass is 32.2. The quantitative estimate of drug-likeness (QED) is 0.231. The van der Waals surface area contributed by atoms with Crippen molar-refractivity contribution in [1.82, 2.24) is 20.9 Å². The fourth-order valence-corrected chi connectivity index (χ4v) is 9.62. The Hall–Kier alpha value is -2.70. The van der Waals surface area contributed by atoms with Crippen molar-refractivity contribution < 1.29 is 32.4 Å². The molecular weight excluding hydrogens is 610 g/mol. The van der Waals surface area contributed by atoms with Gasteiger partial charge in [-0.25, -0.2) is 13.2 Å². The SMILES string of the molecule is CC1(C2CCN(C(=O)[C@@H](NC(=O)NC3(CS(C)(=O)=O)CCCCC3)C(C)(C)C)C2C(=O)NC(CC2CC2)C(=O)C(N)=O)CCCC1. The molecule has 3 unspecified atom stereocenters.